The van der Waals surface area contributed by atoms with Gasteiger partial charge in [-0.3, -0.25) is 4.55 Å². The minimum Gasteiger partial charge on any atom is -0.387 e. The lowest BCUT2D eigenvalue weighted by atomic mass is 10.1. The van der Waals surface area contributed by atoms with Crippen molar-refractivity contribution in [3.63, 3.8) is 0 Å². The molecule has 0 spiro atoms. The first-order valence-electron chi connectivity index (χ1n) is 45.0. The zero-order valence-electron chi connectivity index (χ0n) is 81.3. The van der Waals surface area contributed by atoms with Crippen molar-refractivity contribution in [1.29, 1.82) is 21.0 Å². The van der Waals surface area contributed by atoms with Crippen molar-refractivity contribution in [3.05, 3.63) is 221 Å². The Morgan fingerprint density at radius 3 is 0.899 bits per heavy atom. The highest BCUT2D eigenvalue weighted by molar-refractivity contribution is 7.80. The van der Waals surface area contributed by atoms with Gasteiger partial charge in [-0.25, -0.2) is 23.6 Å². The van der Waals surface area contributed by atoms with Crippen LogP contribution in [0.5, 0.6) is 0 Å². The Bertz CT molecular complexity index is 5950. The molecule has 9 aromatic rings. The molecule has 139 heavy (non-hydrogen) atoms. The Kier molecular flexibility index (Phi) is 54.0. The van der Waals surface area contributed by atoms with Crippen LogP contribution < -0.4 is 19.6 Å². The van der Waals surface area contributed by atoms with Crippen LogP contribution in [0.1, 0.15) is 125 Å². The number of thiophene rings is 4. The van der Waals surface area contributed by atoms with Crippen molar-refractivity contribution in [2.24, 2.45) is 40.9 Å². The number of hydrogen-bond acceptors (Lipinski definition) is 34. The molecule has 0 aliphatic carbocycles. The van der Waals surface area contributed by atoms with Gasteiger partial charge in [0, 0.05) is 109 Å². The van der Waals surface area contributed by atoms with Crippen molar-refractivity contribution in [1.82, 2.24) is 0 Å². The maximum atomic E-state index is 10.9. The summed E-state index contributed by atoms with van der Waals surface area (Å²) in [5.41, 5.74) is 15.4. The third-order valence-electron chi connectivity index (χ3n) is 20.5. The van der Waals surface area contributed by atoms with Gasteiger partial charge in [0.25, 0.3) is 0 Å². The Morgan fingerprint density at radius 2 is 0.626 bits per heavy atom. The monoisotopic (exact) mass is 1990 g/mol. The first-order chi connectivity index (χ1) is 67.3. The zero-order valence-corrected chi connectivity index (χ0v) is 85.4. The van der Waals surface area contributed by atoms with E-state index in [-0.39, 0.29) is 19.8 Å². The van der Waals surface area contributed by atoms with E-state index in [9.17, 15) is 34.6 Å². The van der Waals surface area contributed by atoms with Crippen LogP contribution >= 0.6 is 45.3 Å². The van der Waals surface area contributed by atoms with Crippen LogP contribution in [0.3, 0.4) is 0 Å². The van der Waals surface area contributed by atoms with Gasteiger partial charge in [0.15, 0.2) is 0 Å². The Hall–Kier alpha value is -12.2. The molecule has 40 heteroatoms. The summed E-state index contributed by atoms with van der Waals surface area (Å²) in [5, 5.41) is 86.5. The minimum atomic E-state index is -4.49. The fraction of sp³-hybridized carbons (Fsp3) is 0.455. The van der Waals surface area contributed by atoms with Crippen molar-refractivity contribution in [2.75, 3.05) is 212 Å². The molecule has 0 fully saturated rings. The van der Waals surface area contributed by atoms with Crippen LogP contribution in [0.15, 0.2) is 144 Å². The Morgan fingerprint density at radius 1 is 0.360 bits per heavy atom. The van der Waals surface area contributed by atoms with Crippen molar-refractivity contribution >= 4 is 141 Å². The standard InChI is InChI=1S/C29H33N5O3S.C25H33N5O7S2.C23H29N5O2S.C22H27N5O3S/c1-5-14-36-16-17-37-15-13-34(20-27(35)23-9-7-6-8-10-23)24-11-12-26(21(2)18-24)32-33-29-25(19-30)22(3)28(31-4)38-29;1-5-10-34-13-14-35-11-8-30(9-12-36-15-16-37-39(31,32)33)21-6-7-23(19(2)17-21)28-29-25-22(18-26)20(3)24(27-4)38-25;1-6-11-29-13-14-30-12-10-28(7-2)19-8-9-21(17(3)15-19)26-27-23-20(16-24)18(4)22(25-5)31-23;1-16-14-18(27(8-10-28-4)9-11-30-13-12-29-5)6-7-20(16)25-26-22-19(15-23)17(2)21(24-3)31-22/h6-12,18,27,35H,5,13-17,20H2,1-3H3;6-7,17H,5,8-16H2,1-3H3,(H,31,32,33);8-9,15H,6-7,10-14H2,1-4H3;6-7,14H,8-13H2,1-2,4-5H3. The topological polar surface area (TPSA) is 401 Å². The average Bonchev–Trinajstić information content (AvgIpc) is 1.53. The van der Waals surface area contributed by atoms with Gasteiger partial charge in [-0.2, -0.15) is 29.5 Å². The molecule has 738 valence electrons. The Balaban J connectivity index is 0.000000286. The molecular formula is C99H122N20O15S5. The lowest BCUT2D eigenvalue weighted by molar-refractivity contribution is 0.0499. The van der Waals surface area contributed by atoms with E-state index in [1.165, 1.54) is 34.0 Å². The second-order valence-corrected chi connectivity index (χ2v) is 35.5. The molecule has 4 aromatic heterocycles. The summed E-state index contributed by atoms with van der Waals surface area (Å²) in [5.74, 6) is 0. The van der Waals surface area contributed by atoms with E-state index >= 15 is 0 Å². The number of benzene rings is 5. The zero-order chi connectivity index (χ0) is 101. The second kappa shape index (κ2) is 64.9. The van der Waals surface area contributed by atoms with E-state index in [2.05, 4.69) is 141 Å². The number of rotatable bonds is 56. The van der Waals surface area contributed by atoms with Gasteiger partial charge < -0.3 is 72.1 Å². The number of methoxy groups -OCH3 is 2. The normalized spacial score (nSPS) is 11.3. The van der Waals surface area contributed by atoms with E-state index in [0.717, 1.165) is 126 Å². The van der Waals surface area contributed by atoms with Crippen molar-refractivity contribution < 1.29 is 69.6 Å². The number of hydrogen-bond donors (Lipinski definition) is 2. The van der Waals surface area contributed by atoms with Crippen LogP contribution in [-0.4, -0.2) is 210 Å². The maximum Gasteiger partial charge on any atom is 0.397 e. The van der Waals surface area contributed by atoms with Gasteiger partial charge >= 0.3 is 10.4 Å². The fourth-order valence-corrected chi connectivity index (χ4v) is 16.7. The SMILES string of the molecule is [C-]#[N+]c1sc(N=Nc2ccc(N(CC)CCOCCOCCC)cc2C)c(C#N)c1C.[C-]#[N+]c1sc(N=Nc2ccc(N(CCOC)CCOCCOC)cc2C)c(C#N)c1C.[C-]#[N+]c1sc(N=Nc2ccc(N(CCOCCOCCC)CC(O)c3ccccc3)cc2C)c(C#N)c1C.[C-]#[N+]c1sc(N=Nc2ccc(N(CCOCCOCCC)CCOCCOS(=O)(=O)O)cc2C)c(C#N)c1C. The van der Waals surface area contributed by atoms with Crippen LogP contribution in [-0.2, 0) is 62.0 Å². The van der Waals surface area contributed by atoms with Gasteiger partial charge in [-0.15, -0.1) is 86.3 Å². The summed E-state index contributed by atoms with van der Waals surface area (Å²) < 4.78 is 88.9. The van der Waals surface area contributed by atoms with Gasteiger partial charge in [0.1, 0.15) is 44.3 Å². The molecule has 5 aromatic carbocycles. The van der Waals surface area contributed by atoms with E-state index < -0.39 is 16.5 Å². The number of likely N-dealkylation sites (N-methyl/N-ethyl adjacent to an activating group) is 1. The van der Waals surface area contributed by atoms with Crippen molar-refractivity contribution in [3.8, 4) is 24.3 Å². The van der Waals surface area contributed by atoms with Gasteiger partial charge in [-0.05, 0) is 204 Å². The highest BCUT2D eigenvalue weighted by Crippen LogP contribution is 2.46. The summed E-state index contributed by atoms with van der Waals surface area (Å²) in [7, 11) is -1.16. The number of aliphatic hydroxyl groups is 1. The molecule has 9 rings (SSSR count). The van der Waals surface area contributed by atoms with E-state index in [1.807, 2.05) is 126 Å². The van der Waals surface area contributed by atoms with Crippen LogP contribution in [0.25, 0.3) is 19.4 Å². The smallest absolute Gasteiger partial charge is 0.387 e. The van der Waals surface area contributed by atoms with Crippen molar-refractivity contribution in [2.45, 2.75) is 108 Å². The summed E-state index contributed by atoms with van der Waals surface area (Å²) >= 11 is 4.69. The first-order valence-corrected chi connectivity index (χ1v) is 49.6. The lowest BCUT2D eigenvalue weighted by Crippen LogP contribution is -2.32. The van der Waals surface area contributed by atoms with Gasteiger partial charge in [-0.1, -0.05) is 51.1 Å². The van der Waals surface area contributed by atoms with E-state index in [4.69, 9.17) is 78.2 Å². The van der Waals surface area contributed by atoms with Crippen LogP contribution in [0, 0.1) is 127 Å². The van der Waals surface area contributed by atoms with Crippen LogP contribution in [0.2, 0.25) is 0 Å². The predicted molar refractivity (Wildman–Crippen MR) is 546 cm³/mol. The molecule has 1 unspecified atom stereocenters. The van der Waals surface area contributed by atoms with Gasteiger partial charge in [0.2, 0.25) is 20.0 Å². The number of azo groups is 4. The molecule has 0 amide bonds. The number of nitriles is 4. The molecule has 0 aliphatic rings. The average molecular weight is 1990 g/mol. The third-order valence-corrected chi connectivity index (χ3v) is 25.3. The maximum absolute atomic E-state index is 10.9. The highest BCUT2D eigenvalue weighted by Gasteiger charge is 2.22. The quantitative estimate of drug-likeness (QED) is 0.0155. The lowest BCUT2D eigenvalue weighted by Gasteiger charge is -2.28. The molecule has 0 radical (unpaired) electrons. The number of nitrogens with zero attached hydrogens (tertiary/aromatic N) is 20. The molecule has 1 atom stereocenters. The number of ether oxygens (including phenoxy) is 10. The molecule has 0 bridgehead atoms. The van der Waals surface area contributed by atoms with Gasteiger partial charge in [0.05, 0.1) is 183 Å². The van der Waals surface area contributed by atoms with E-state index in [0.29, 0.717) is 220 Å². The summed E-state index contributed by atoms with van der Waals surface area (Å²) in [6.45, 7) is 66.8. The largest absolute Gasteiger partial charge is 0.397 e. The summed E-state index contributed by atoms with van der Waals surface area (Å²) in [4.78, 5) is 22.4. The molecule has 4 heterocycles. The minimum absolute atomic E-state index is 0.000655. The Labute approximate surface area is 832 Å². The summed E-state index contributed by atoms with van der Waals surface area (Å²) in [6, 6.07) is 41.5. The predicted octanol–water partition coefficient (Wildman–Crippen LogP) is 24.3. The van der Waals surface area contributed by atoms with E-state index in [1.54, 1.807) is 41.9 Å². The third kappa shape index (κ3) is 39.2. The molecule has 35 nitrogen and oxygen atoms in total. The first kappa shape index (κ1) is 116. The number of aliphatic hydroxyl groups excluding tert-OH is 1. The molecular weight excluding hydrogens is 1870 g/mol. The number of anilines is 4. The number of aryl methyl sites for hydroxylation is 4. The highest BCUT2D eigenvalue weighted by atomic mass is 32.3. The molecule has 0 saturated heterocycles. The molecule has 0 saturated carbocycles. The summed E-state index contributed by atoms with van der Waals surface area (Å²) in [6.07, 6.45) is 2.29. The molecule has 2 N–H and O–H groups in total. The van der Waals surface area contributed by atoms with Crippen LogP contribution in [0.4, 0.5) is 85.5 Å². The fourth-order valence-electron chi connectivity index (χ4n) is 12.9. The second-order valence-electron chi connectivity index (χ2n) is 30.5. The molecule has 0 aliphatic heterocycles.